The number of aromatic nitrogens is 3. The first-order valence-corrected chi connectivity index (χ1v) is 7.06. The van der Waals surface area contributed by atoms with Crippen molar-refractivity contribution in [1.29, 1.82) is 0 Å². The molecule has 0 aliphatic carbocycles. The molecule has 5 nitrogen and oxygen atoms in total. The molecule has 0 spiro atoms. The van der Waals surface area contributed by atoms with Gasteiger partial charge in [-0.05, 0) is 32.4 Å². The first kappa shape index (κ1) is 14.5. The third kappa shape index (κ3) is 4.06. The summed E-state index contributed by atoms with van der Waals surface area (Å²) in [5.41, 5.74) is 0.972. The Morgan fingerprint density at radius 3 is 2.70 bits per heavy atom. The molecular formula is C15H22N4O. The SMILES string of the molecule is CCC(C)NCC(C)Oc1ncn(-c2ccccc2)n1. The van der Waals surface area contributed by atoms with Gasteiger partial charge in [0, 0.05) is 12.6 Å². The Kier molecular flexibility index (Phi) is 5.12. The number of benzene rings is 1. The topological polar surface area (TPSA) is 52.0 Å². The summed E-state index contributed by atoms with van der Waals surface area (Å²) in [6.07, 6.45) is 2.81. The zero-order chi connectivity index (χ0) is 14.4. The molecular weight excluding hydrogens is 252 g/mol. The number of nitrogens with zero attached hydrogens (tertiary/aromatic N) is 3. The van der Waals surface area contributed by atoms with Crippen LogP contribution in [0.3, 0.4) is 0 Å². The second-order valence-corrected chi connectivity index (χ2v) is 4.95. The van der Waals surface area contributed by atoms with Crippen LogP contribution in [0.5, 0.6) is 6.01 Å². The number of hydrogen-bond donors (Lipinski definition) is 1. The van der Waals surface area contributed by atoms with Gasteiger partial charge in [0.1, 0.15) is 12.4 Å². The molecule has 2 rings (SSSR count). The third-order valence-electron chi connectivity index (χ3n) is 3.16. The molecule has 0 amide bonds. The summed E-state index contributed by atoms with van der Waals surface area (Å²) in [7, 11) is 0. The number of rotatable bonds is 7. The van der Waals surface area contributed by atoms with E-state index in [1.165, 1.54) is 0 Å². The zero-order valence-corrected chi connectivity index (χ0v) is 12.3. The highest BCUT2D eigenvalue weighted by molar-refractivity contribution is 5.29. The van der Waals surface area contributed by atoms with Crippen molar-refractivity contribution in [1.82, 2.24) is 20.1 Å². The summed E-state index contributed by atoms with van der Waals surface area (Å²) in [4.78, 5) is 4.18. The smallest absolute Gasteiger partial charge is 0.336 e. The molecule has 20 heavy (non-hydrogen) atoms. The van der Waals surface area contributed by atoms with Gasteiger partial charge in [-0.2, -0.15) is 4.98 Å². The van der Waals surface area contributed by atoms with E-state index in [4.69, 9.17) is 4.74 Å². The highest BCUT2D eigenvalue weighted by Gasteiger charge is 2.09. The van der Waals surface area contributed by atoms with E-state index in [1.54, 1.807) is 11.0 Å². The molecule has 108 valence electrons. The largest absolute Gasteiger partial charge is 0.458 e. The minimum atomic E-state index is 0.0376. The van der Waals surface area contributed by atoms with Crippen LogP contribution in [0.2, 0.25) is 0 Å². The van der Waals surface area contributed by atoms with Gasteiger partial charge in [-0.25, -0.2) is 4.68 Å². The first-order valence-electron chi connectivity index (χ1n) is 7.06. The van der Waals surface area contributed by atoms with Gasteiger partial charge in [0.25, 0.3) is 0 Å². The van der Waals surface area contributed by atoms with E-state index in [0.29, 0.717) is 12.1 Å². The number of ether oxygens (including phenoxy) is 1. The molecule has 2 aromatic rings. The van der Waals surface area contributed by atoms with Gasteiger partial charge < -0.3 is 10.1 Å². The Morgan fingerprint density at radius 2 is 2.00 bits per heavy atom. The van der Waals surface area contributed by atoms with Crippen molar-refractivity contribution in [2.45, 2.75) is 39.3 Å². The third-order valence-corrected chi connectivity index (χ3v) is 3.16. The van der Waals surface area contributed by atoms with Crippen molar-refractivity contribution in [3.63, 3.8) is 0 Å². The molecule has 0 saturated heterocycles. The fraction of sp³-hybridized carbons (Fsp3) is 0.467. The molecule has 0 bridgehead atoms. The molecule has 0 aliphatic rings. The molecule has 1 aromatic heterocycles. The molecule has 1 aromatic carbocycles. The second kappa shape index (κ2) is 7.05. The number of hydrogen-bond acceptors (Lipinski definition) is 4. The summed E-state index contributed by atoms with van der Waals surface area (Å²) in [6, 6.07) is 10.8. The van der Waals surface area contributed by atoms with Crippen LogP contribution in [-0.2, 0) is 0 Å². The van der Waals surface area contributed by atoms with Gasteiger partial charge in [0.2, 0.25) is 0 Å². The lowest BCUT2D eigenvalue weighted by molar-refractivity contribution is 0.195. The summed E-state index contributed by atoms with van der Waals surface area (Å²) >= 11 is 0. The summed E-state index contributed by atoms with van der Waals surface area (Å²) in [6.45, 7) is 7.12. The van der Waals surface area contributed by atoms with Gasteiger partial charge in [-0.1, -0.05) is 25.1 Å². The van der Waals surface area contributed by atoms with Crippen LogP contribution in [0.15, 0.2) is 36.7 Å². The maximum Gasteiger partial charge on any atom is 0.336 e. The van der Waals surface area contributed by atoms with Gasteiger partial charge in [-0.3, -0.25) is 0 Å². The van der Waals surface area contributed by atoms with Crippen molar-refractivity contribution in [2.75, 3.05) is 6.54 Å². The summed E-state index contributed by atoms with van der Waals surface area (Å²) < 4.78 is 7.42. The normalized spacial score (nSPS) is 13.9. The first-order chi connectivity index (χ1) is 9.69. The van der Waals surface area contributed by atoms with Gasteiger partial charge >= 0.3 is 6.01 Å². The number of para-hydroxylation sites is 1. The van der Waals surface area contributed by atoms with E-state index in [0.717, 1.165) is 18.7 Å². The van der Waals surface area contributed by atoms with Crippen molar-refractivity contribution >= 4 is 0 Å². The monoisotopic (exact) mass is 274 g/mol. The van der Waals surface area contributed by atoms with E-state index in [1.807, 2.05) is 37.3 Å². The average Bonchev–Trinajstić information content (AvgIpc) is 2.94. The van der Waals surface area contributed by atoms with E-state index < -0.39 is 0 Å². The number of nitrogens with one attached hydrogen (secondary N) is 1. The van der Waals surface area contributed by atoms with Crippen LogP contribution in [-0.4, -0.2) is 33.5 Å². The van der Waals surface area contributed by atoms with E-state index in [-0.39, 0.29) is 6.10 Å². The quantitative estimate of drug-likeness (QED) is 0.842. The van der Waals surface area contributed by atoms with Crippen LogP contribution >= 0.6 is 0 Å². The van der Waals surface area contributed by atoms with Crippen LogP contribution < -0.4 is 10.1 Å². The zero-order valence-electron chi connectivity index (χ0n) is 12.3. The Balaban J connectivity index is 1.90. The van der Waals surface area contributed by atoms with Crippen molar-refractivity contribution < 1.29 is 4.74 Å². The van der Waals surface area contributed by atoms with E-state index in [2.05, 4.69) is 29.2 Å². The molecule has 2 atom stereocenters. The fourth-order valence-electron chi connectivity index (χ4n) is 1.74. The maximum absolute atomic E-state index is 5.71. The lowest BCUT2D eigenvalue weighted by atomic mass is 10.2. The van der Waals surface area contributed by atoms with Crippen LogP contribution in [0.1, 0.15) is 27.2 Å². The van der Waals surface area contributed by atoms with Crippen LogP contribution in [0.25, 0.3) is 5.69 Å². The fourth-order valence-corrected chi connectivity index (χ4v) is 1.74. The standard InChI is InChI=1S/C15H22N4O/c1-4-12(2)16-10-13(3)20-15-17-11-19(18-15)14-8-6-5-7-9-14/h5-9,11-13,16H,4,10H2,1-3H3. The summed E-state index contributed by atoms with van der Waals surface area (Å²) in [5.74, 6) is 0. The van der Waals surface area contributed by atoms with Crippen molar-refractivity contribution in [2.24, 2.45) is 0 Å². The minimum absolute atomic E-state index is 0.0376. The molecule has 1 heterocycles. The Bertz CT molecular complexity index is 512. The second-order valence-electron chi connectivity index (χ2n) is 4.95. The van der Waals surface area contributed by atoms with Crippen molar-refractivity contribution in [3.05, 3.63) is 36.7 Å². The highest BCUT2D eigenvalue weighted by atomic mass is 16.5. The molecule has 0 radical (unpaired) electrons. The van der Waals surface area contributed by atoms with Gasteiger partial charge in [-0.15, -0.1) is 5.10 Å². The van der Waals surface area contributed by atoms with Crippen molar-refractivity contribution in [3.8, 4) is 11.7 Å². The predicted molar refractivity (Wildman–Crippen MR) is 79.2 cm³/mol. The molecule has 0 saturated carbocycles. The Labute approximate surface area is 120 Å². The molecule has 2 unspecified atom stereocenters. The van der Waals surface area contributed by atoms with E-state index >= 15 is 0 Å². The van der Waals surface area contributed by atoms with Gasteiger partial charge in [0.05, 0.1) is 5.69 Å². The van der Waals surface area contributed by atoms with E-state index in [9.17, 15) is 0 Å². The summed E-state index contributed by atoms with van der Waals surface area (Å²) in [5, 5.41) is 7.73. The lowest BCUT2D eigenvalue weighted by Gasteiger charge is -2.16. The predicted octanol–water partition coefficient (Wildman–Crippen LogP) is 2.42. The Morgan fingerprint density at radius 1 is 1.25 bits per heavy atom. The molecule has 0 aliphatic heterocycles. The maximum atomic E-state index is 5.71. The highest BCUT2D eigenvalue weighted by Crippen LogP contribution is 2.09. The Hall–Kier alpha value is -1.88. The van der Waals surface area contributed by atoms with Gasteiger partial charge in [0.15, 0.2) is 0 Å². The molecule has 5 heteroatoms. The molecule has 1 N–H and O–H groups in total. The average molecular weight is 274 g/mol. The van der Waals surface area contributed by atoms with Crippen LogP contribution in [0, 0.1) is 0 Å². The molecule has 0 fully saturated rings. The lowest BCUT2D eigenvalue weighted by Crippen LogP contribution is -2.34. The van der Waals surface area contributed by atoms with Crippen LogP contribution in [0.4, 0.5) is 0 Å². The minimum Gasteiger partial charge on any atom is -0.458 e.